The Morgan fingerprint density at radius 1 is 1.06 bits per heavy atom. The number of carbonyl (C=O) groups is 1. The molecule has 1 aliphatic heterocycles. The van der Waals surface area contributed by atoms with E-state index in [2.05, 4.69) is 4.90 Å². The Kier molecular flexibility index (Phi) is 5.85. The standard InChI is InChI=1S/C24H23F3N2O2/c1-2-31-23(30)16-10-12-29(13-11-16)22-9-7-19-14-18(6-8-21(19)28-22)17-4-3-5-20(15-17)24(25,26)27/h3-9,14-16H,2,10-13H2,1H3. The SMILES string of the molecule is CCOC(=O)C1CCN(c2ccc3cc(-c4cccc(C(F)(F)F)c4)ccc3n2)CC1. The van der Waals surface area contributed by atoms with Crippen molar-refractivity contribution in [1.82, 2.24) is 4.98 Å². The Bertz CT molecular complexity index is 1090. The second-order valence-corrected chi connectivity index (χ2v) is 7.67. The highest BCUT2D eigenvalue weighted by atomic mass is 19.4. The van der Waals surface area contributed by atoms with Crippen molar-refractivity contribution in [2.24, 2.45) is 5.92 Å². The number of rotatable bonds is 4. The van der Waals surface area contributed by atoms with Gasteiger partial charge in [-0.15, -0.1) is 0 Å². The summed E-state index contributed by atoms with van der Waals surface area (Å²) in [6, 6.07) is 14.7. The van der Waals surface area contributed by atoms with Crippen LogP contribution in [0, 0.1) is 5.92 Å². The molecule has 7 heteroatoms. The van der Waals surface area contributed by atoms with E-state index in [1.165, 1.54) is 6.07 Å². The zero-order chi connectivity index (χ0) is 22.0. The first-order chi connectivity index (χ1) is 14.8. The number of ether oxygens (including phenoxy) is 1. The van der Waals surface area contributed by atoms with Crippen LogP contribution in [0.15, 0.2) is 54.6 Å². The summed E-state index contributed by atoms with van der Waals surface area (Å²) in [4.78, 5) is 18.8. The molecule has 0 N–H and O–H groups in total. The number of fused-ring (bicyclic) bond motifs is 1. The van der Waals surface area contributed by atoms with E-state index in [4.69, 9.17) is 9.72 Å². The normalized spacial score (nSPS) is 15.3. The lowest BCUT2D eigenvalue weighted by molar-refractivity contribution is -0.148. The number of alkyl halides is 3. The van der Waals surface area contributed by atoms with Crippen molar-refractivity contribution in [2.75, 3.05) is 24.6 Å². The maximum absolute atomic E-state index is 13.0. The van der Waals surface area contributed by atoms with Crippen LogP contribution in [0.3, 0.4) is 0 Å². The highest BCUT2D eigenvalue weighted by molar-refractivity contribution is 5.86. The fourth-order valence-electron chi connectivity index (χ4n) is 3.95. The van der Waals surface area contributed by atoms with Crippen molar-refractivity contribution < 1.29 is 22.7 Å². The summed E-state index contributed by atoms with van der Waals surface area (Å²) in [5.74, 6) is 0.643. The van der Waals surface area contributed by atoms with Gasteiger partial charge in [0.25, 0.3) is 0 Å². The van der Waals surface area contributed by atoms with Crippen molar-refractivity contribution in [1.29, 1.82) is 0 Å². The van der Waals surface area contributed by atoms with Crippen LogP contribution < -0.4 is 4.90 Å². The quantitative estimate of drug-likeness (QED) is 0.500. The van der Waals surface area contributed by atoms with Crippen LogP contribution in [-0.2, 0) is 15.7 Å². The van der Waals surface area contributed by atoms with Gasteiger partial charge in [-0.25, -0.2) is 4.98 Å². The minimum Gasteiger partial charge on any atom is -0.466 e. The fraction of sp³-hybridized carbons (Fsp3) is 0.333. The van der Waals surface area contributed by atoms with Crippen LogP contribution in [0.1, 0.15) is 25.3 Å². The average Bonchev–Trinajstić information content (AvgIpc) is 2.78. The number of carbonyl (C=O) groups excluding carboxylic acids is 1. The van der Waals surface area contributed by atoms with Gasteiger partial charge in [0.15, 0.2) is 0 Å². The third-order valence-corrected chi connectivity index (χ3v) is 5.64. The summed E-state index contributed by atoms with van der Waals surface area (Å²) in [6.45, 7) is 3.66. The lowest BCUT2D eigenvalue weighted by atomic mass is 9.97. The summed E-state index contributed by atoms with van der Waals surface area (Å²) >= 11 is 0. The minimum atomic E-state index is -4.37. The summed E-state index contributed by atoms with van der Waals surface area (Å²) in [5, 5.41) is 0.861. The molecule has 1 fully saturated rings. The first-order valence-electron chi connectivity index (χ1n) is 10.3. The lowest BCUT2D eigenvalue weighted by Crippen LogP contribution is -2.37. The number of aromatic nitrogens is 1. The Balaban J connectivity index is 1.52. The van der Waals surface area contributed by atoms with Crippen LogP contribution in [0.25, 0.3) is 22.0 Å². The molecule has 0 aliphatic carbocycles. The molecule has 0 radical (unpaired) electrons. The zero-order valence-corrected chi connectivity index (χ0v) is 17.2. The fourth-order valence-corrected chi connectivity index (χ4v) is 3.95. The first-order valence-corrected chi connectivity index (χ1v) is 10.3. The van der Waals surface area contributed by atoms with Gasteiger partial charge in [0, 0.05) is 18.5 Å². The number of esters is 1. The smallest absolute Gasteiger partial charge is 0.416 e. The Labute approximate surface area is 178 Å². The van der Waals surface area contributed by atoms with Crippen LogP contribution in [0.4, 0.5) is 19.0 Å². The van der Waals surface area contributed by atoms with Gasteiger partial charge in [-0.05, 0) is 67.3 Å². The highest BCUT2D eigenvalue weighted by Gasteiger charge is 2.30. The summed E-state index contributed by atoms with van der Waals surface area (Å²) < 4.78 is 44.2. The molecule has 1 aliphatic rings. The molecule has 2 heterocycles. The number of anilines is 1. The monoisotopic (exact) mass is 428 g/mol. The number of hydrogen-bond acceptors (Lipinski definition) is 4. The molecular formula is C24H23F3N2O2. The summed E-state index contributed by atoms with van der Waals surface area (Å²) in [7, 11) is 0. The molecule has 0 bridgehead atoms. The first kappa shape index (κ1) is 21.2. The molecule has 1 aromatic heterocycles. The van der Waals surface area contributed by atoms with E-state index in [0.717, 1.165) is 54.8 Å². The molecule has 2 aromatic carbocycles. The van der Waals surface area contributed by atoms with E-state index in [1.54, 1.807) is 12.1 Å². The van der Waals surface area contributed by atoms with E-state index in [0.29, 0.717) is 17.7 Å². The largest absolute Gasteiger partial charge is 0.466 e. The topological polar surface area (TPSA) is 42.4 Å². The van der Waals surface area contributed by atoms with Gasteiger partial charge < -0.3 is 9.64 Å². The van der Waals surface area contributed by atoms with E-state index in [1.807, 2.05) is 31.2 Å². The lowest BCUT2D eigenvalue weighted by Gasteiger charge is -2.31. The van der Waals surface area contributed by atoms with Gasteiger partial charge in [0.05, 0.1) is 23.6 Å². The Morgan fingerprint density at radius 2 is 1.81 bits per heavy atom. The predicted octanol–water partition coefficient (Wildman–Crippen LogP) is 5.70. The van der Waals surface area contributed by atoms with Gasteiger partial charge in [-0.1, -0.05) is 18.2 Å². The van der Waals surface area contributed by atoms with Crippen molar-refractivity contribution >= 4 is 22.7 Å². The van der Waals surface area contributed by atoms with E-state index >= 15 is 0 Å². The van der Waals surface area contributed by atoms with Gasteiger partial charge in [-0.3, -0.25) is 4.79 Å². The molecule has 3 aromatic rings. The third kappa shape index (κ3) is 4.65. The maximum Gasteiger partial charge on any atom is 0.416 e. The summed E-state index contributed by atoms with van der Waals surface area (Å²) in [5.41, 5.74) is 1.34. The Morgan fingerprint density at radius 3 is 2.52 bits per heavy atom. The van der Waals surface area contributed by atoms with Gasteiger partial charge in [0.1, 0.15) is 5.82 Å². The number of pyridine rings is 1. The van der Waals surface area contributed by atoms with E-state index in [-0.39, 0.29) is 11.9 Å². The molecule has 4 nitrogen and oxygen atoms in total. The number of halogens is 3. The second-order valence-electron chi connectivity index (χ2n) is 7.67. The van der Waals surface area contributed by atoms with E-state index in [9.17, 15) is 18.0 Å². The third-order valence-electron chi connectivity index (χ3n) is 5.64. The Hall–Kier alpha value is -3.09. The number of nitrogens with zero attached hydrogens (tertiary/aromatic N) is 2. The molecule has 0 spiro atoms. The number of benzene rings is 2. The highest BCUT2D eigenvalue weighted by Crippen LogP contribution is 2.33. The average molecular weight is 428 g/mol. The van der Waals surface area contributed by atoms with Crippen LogP contribution in [0.5, 0.6) is 0 Å². The van der Waals surface area contributed by atoms with Gasteiger partial charge in [0.2, 0.25) is 0 Å². The van der Waals surface area contributed by atoms with Gasteiger partial charge in [-0.2, -0.15) is 13.2 Å². The molecule has 0 atom stereocenters. The van der Waals surface area contributed by atoms with Gasteiger partial charge >= 0.3 is 12.1 Å². The zero-order valence-electron chi connectivity index (χ0n) is 17.2. The maximum atomic E-state index is 13.0. The molecule has 0 saturated carbocycles. The minimum absolute atomic E-state index is 0.0633. The van der Waals surface area contributed by atoms with Crippen LogP contribution in [-0.4, -0.2) is 30.6 Å². The number of hydrogen-bond donors (Lipinski definition) is 0. The molecule has 0 unspecified atom stereocenters. The van der Waals surface area contributed by atoms with Crippen molar-refractivity contribution in [3.05, 3.63) is 60.2 Å². The molecule has 31 heavy (non-hydrogen) atoms. The van der Waals surface area contributed by atoms with Crippen molar-refractivity contribution in [3.63, 3.8) is 0 Å². The summed E-state index contributed by atoms with van der Waals surface area (Å²) in [6.07, 6.45) is -2.91. The van der Waals surface area contributed by atoms with Crippen molar-refractivity contribution in [3.8, 4) is 11.1 Å². The molecule has 1 saturated heterocycles. The van der Waals surface area contributed by atoms with E-state index < -0.39 is 11.7 Å². The molecule has 162 valence electrons. The molecule has 0 amide bonds. The van der Waals surface area contributed by atoms with Crippen LogP contribution >= 0.6 is 0 Å². The molecule has 4 rings (SSSR count). The molecular weight excluding hydrogens is 405 g/mol. The van der Waals surface area contributed by atoms with Crippen LogP contribution in [0.2, 0.25) is 0 Å². The number of piperidine rings is 1. The van der Waals surface area contributed by atoms with Crippen molar-refractivity contribution in [2.45, 2.75) is 25.9 Å². The predicted molar refractivity (Wildman–Crippen MR) is 114 cm³/mol. The second kappa shape index (κ2) is 8.57.